The van der Waals surface area contributed by atoms with Gasteiger partial charge >= 0.3 is 5.97 Å². The molecule has 88 valence electrons. The summed E-state index contributed by atoms with van der Waals surface area (Å²) >= 11 is 0. The quantitative estimate of drug-likeness (QED) is 0.479. The number of hydrogen-bond donors (Lipinski definition) is 1. The molecule has 0 bridgehead atoms. The Morgan fingerprint density at radius 1 is 1.12 bits per heavy atom. The second kappa shape index (κ2) is 4.30. The standard InChI is InChI=1S/C9H8F3NO3/c1-15-8-4(10)3(9(14)16-2)7(13)5(11)6(8)12/h13H2,1-2H3. The number of carbonyl (C=O) groups excluding carboxylic acids is 1. The Kier molecular flexibility index (Phi) is 3.26. The topological polar surface area (TPSA) is 61.5 Å². The largest absolute Gasteiger partial charge is 0.491 e. The Balaban J connectivity index is 3.62. The minimum Gasteiger partial charge on any atom is -0.491 e. The van der Waals surface area contributed by atoms with Gasteiger partial charge in [0.25, 0.3) is 0 Å². The lowest BCUT2D eigenvalue weighted by Gasteiger charge is -2.11. The van der Waals surface area contributed by atoms with Crippen LogP contribution < -0.4 is 10.5 Å². The molecule has 0 aliphatic carbocycles. The molecule has 0 spiro atoms. The smallest absolute Gasteiger partial charge is 0.343 e. The van der Waals surface area contributed by atoms with Crippen molar-refractivity contribution >= 4 is 11.7 Å². The van der Waals surface area contributed by atoms with Crippen molar-refractivity contribution in [3.05, 3.63) is 23.0 Å². The highest BCUT2D eigenvalue weighted by atomic mass is 19.2. The maximum atomic E-state index is 13.5. The van der Waals surface area contributed by atoms with E-state index in [0.29, 0.717) is 0 Å². The predicted molar refractivity (Wildman–Crippen MR) is 48.6 cm³/mol. The van der Waals surface area contributed by atoms with Crippen molar-refractivity contribution in [2.45, 2.75) is 0 Å². The van der Waals surface area contributed by atoms with Crippen molar-refractivity contribution in [2.75, 3.05) is 20.0 Å². The maximum absolute atomic E-state index is 13.5. The van der Waals surface area contributed by atoms with Gasteiger partial charge in [-0.15, -0.1) is 0 Å². The first-order valence-corrected chi connectivity index (χ1v) is 4.03. The minimum absolute atomic E-state index is 0.891. The Bertz CT molecular complexity index is 448. The summed E-state index contributed by atoms with van der Waals surface area (Å²) in [5.74, 6) is -6.78. The summed E-state index contributed by atoms with van der Waals surface area (Å²) < 4.78 is 48.2. The fourth-order valence-electron chi connectivity index (χ4n) is 1.14. The summed E-state index contributed by atoms with van der Waals surface area (Å²) in [6, 6.07) is 0. The lowest BCUT2D eigenvalue weighted by Crippen LogP contribution is -2.13. The monoisotopic (exact) mass is 235 g/mol. The van der Waals surface area contributed by atoms with Gasteiger partial charge in [0.2, 0.25) is 5.82 Å². The number of anilines is 1. The number of carbonyl (C=O) groups is 1. The molecular formula is C9H8F3NO3. The van der Waals surface area contributed by atoms with Crippen molar-refractivity contribution < 1.29 is 27.4 Å². The van der Waals surface area contributed by atoms with E-state index >= 15 is 0 Å². The number of halogens is 3. The molecule has 1 aromatic rings. The first kappa shape index (κ1) is 12.2. The normalized spacial score (nSPS) is 10.1. The van der Waals surface area contributed by atoms with Gasteiger partial charge in [0.15, 0.2) is 17.4 Å². The zero-order chi connectivity index (χ0) is 12.5. The lowest BCUT2D eigenvalue weighted by molar-refractivity contribution is 0.0595. The molecule has 0 saturated carbocycles. The van der Waals surface area contributed by atoms with Crippen LogP contribution in [0.4, 0.5) is 18.9 Å². The Hall–Kier alpha value is -1.92. The summed E-state index contributed by atoms with van der Waals surface area (Å²) in [6.45, 7) is 0. The number of rotatable bonds is 2. The van der Waals surface area contributed by atoms with E-state index in [1.807, 2.05) is 0 Å². The van der Waals surface area contributed by atoms with Gasteiger partial charge in [0.05, 0.1) is 19.9 Å². The van der Waals surface area contributed by atoms with Gasteiger partial charge in [-0.2, -0.15) is 4.39 Å². The average molecular weight is 235 g/mol. The summed E-state index contributed by atoms with van der Waals surface area (Å²) in [7, 11) is 1.88. The number of methoxy groups -OCH3 is 2. The van der Waals surface area contributed by atoms with Gasteiger partial charge in [-0.05, 0) is 0 Å². The zero-order valence-corrected chi connectivity index (χ0v) is 8.44. The second-order valence-electron chi connectivity index (χ2n) is 2.76. The number of hydrogen-bond acceptors (Lipinski definition) is 4. The maximum Gasteiger partial charge on any atom is 0.343 e. The fraction of sp³-hybridized carbons (Fsp3) is 0.222. The number of nitrogens with two attached hydrogens (primary N) is 1. The van der Waals surface area contributed by atoms with Crippen LogP contribution in [-0.2, 0) is 4.74 Å². The summed E-state index contributed by atoms with van der Waals surface area (Å²) in [5, 5.41) is 0. The van der Waals surface area contributed by atoms with E-state index in [9.17, 15) is 18.0 Å². The molecule has 2 N–H and O–H groups in total. The molecular weight excluding hydrogens is 227 g/mol. The van der Waals surface area contributed by atoms with Crippen molar-refractivity contribution in [3.63, 3.8) is 0 Å². The molecule has 7 heteroatoms. The molecule has 0 saturated heterocycles. The average Bonchev–Trinajstić information content (AvgIpc) is 2.27. The van der Waals surface area contributed by atoms with Crippen LogP contribution in [0, 0.1) is 17.5 Å². The number of ether oxygens (including phenoxy) is 2. The Morgan fingerprint density at radius 2 is 1.69 bits per heavy atom. The Labute approximate surface area is 88.8 Å². The van der Waals surface area contributed by atoms with Crippen LogP contribution in [0.15, 0.2) is 0 Å². The molecule has 0 atom stereocenters. The van der Waals surface area contributed by atoms with Crippen LogP contribution in [0.3, 0.4) is 0 Å². The molecule has 1 rings (SSSR count). The van der Waals surface area contributed by atoms with Crippen LogP contribution in [0.25, 0.3) is 0 Å². The number of benzene rings is 1. The predicted octanol–water partition coefficient (Wildman–Crippen LogP) is 1.48. The SMILES string of the molecule is COC(=O)c1c(N)c(F)c(F)c(OC)c1F. The first-order valence-electron chi connectivity index (χ1n) is 4.03. The van der Waals surface area contributed by atoms with Gasteiger partial charge in [-0.1, -0.05) is 0 Å². The molecule has 0 amide bonds. The highest BCUT2D eigenvalue weighted by Gasteiger charge is 2.28. The first-order chi connectivity index (χ1) is 7.45. The van der Waals surface area contributed by atoms with Crippen LogP contribution in [0.2, 0.25) is 0 Å². The summed E-state index contributed by atoms with van der Waals surface area (Å²) in [5.41, 5.74) is 3.23. The second-order valence-corrected chi connectivity index (χ2v) is 2.76. The third-order valence-corrected chi connectivity index (χ3v) is 1.91. The molecule has 1 aromatic carbocycles. The zero-order valence-electron chi connectivity index (χ0n) is 8.44. The van der Waals surface area contributed by atoms with Crippen molar-refractivity contribution in [2.24, 2.45) is 0 Å². The van der Waals surface area contributed by atoms with E-state index in [2.05, 4.69) is 9.47 Å². The minimum atomic E-state index is -1.59. The van der Waals surface area contributed by atoms with E-state index in [4.69, 9.17) is 5.73 Å². The molecule has 0 heterocycles. The number of nitrogen functional groups attached to an aromatic ring is 1. The van der Waals surface area contributed by atoms with Crippen LogP contribution in [0.5, 0.6) is 5.75 Å². The molecule has 0 radical (unpaired) electrons. The molecule has 0 aliphatic rings. The van der Waals surface area contributed by atoms with E-state index in [0.717, 1.165) is 14.2 Å². The van der Waals surface area contributed by atoms with Crippen LogP contribution in [0.1, 0.15) is 10.4 Å². The highest BCUT2D eigenvalue weighted by molar-refractivity contribution is 5.96. The fourth-order valence-corrected chi connectivity index (χ4v) is 1.14. The number of esters is 1. The molecule has 0 aliphatic heterocycles. The van der Waals surface area contributed by atoms with E-state index in [1.165, 1.54) is 0 Å². The Morgan fingerprint density at radius 3 is 2.12 bits per heavy atom. The van der Waals surface area contributed by atoms with E-state index < -0.39 is 40.4 Å². The van der Waals surface area contributed by atoms with Crippen molar-refractivity contribution in [1.29, 1.82) is 0 Å². The molecule has 16 heavy (non-hydrogen) atoms. The van der Waals surface area contributed by atoms with Gasteiger partial charge in [0.1, 0.15) is 5.56 Å². The van der Waals surface area contributed by atoms with E-state index in [1.54, 1.807) is 0 Å². The van der Waals surface area contributed by atoms with Gasteiger partial charge in [-0.25, -0.2) is 13.6 Å². The van der Waals surface area contributed by atoms with Gasteiger partial charge in [0, 0.05) is 0 Å². The van der Waals surface area contributed by atoms with Crippen LogP contribution >= 0.6 is 0 Å². The van der Waals surface area contributed by atoms with Gasteiger partial charge in [-0.3, -0.25) is 0 Å². The summed E-state index contributed by atoms with van der Waals surface area (Å²) in [6.07, 6.45) is 0. The highest BCUT2D eigenvalue weighted by Crippen LogP contribution is 2.32. The lowest BCUT2D eigenvalue weighted by atomic mass is 10.1. The molecule has 0 unspecified atom stereocenters. The van der Waals surface area contributed by atoms with Crippen molar-refractivity contribution in [1.82, 2.24) is 0 Å². The third-order valence-electron chi connectivity index (χ3n) is 1.91. The van der Waals surface area contributed by atoms with Crippen LogP contribution in [-0.4, -0.2) is 20.2 Å². The van der Waals surface area contributed by atoms with E-state index in [-0.39, 0.29) is 0 Å². The molecule has 0 fully saturated rings. The molecule has 4 nitrogen and oxygen atoms in total. The van der Waals surface area contributed by atoms with Crippen molar-refractivity contribution in [3.8, 4) is 5.75 Å². The molecule has 0 aromatic heterocycles. The summed E-state index contributed by atoms with van der Waals surface area (Å²) in [4.78, 5) is 11.1. The van der Waals surface area contributed by atoms with Gasteiger partial charge < -0.3 is 15.2 Å². The third kappa shape index (κ3) is 1.64.